The highest BCUT2D eigenvalue weighted by Gasteiger charge is 2.40. The van der Waals surface area contributed by atoms with Gasteiger partial charge in [0.15, 0.2) is 5.82 Å². The molecule has 1 unspecified atom stereocenters. The van der Waals surface area contributed by atoms with Gasteiger partial charge >= 0.3 is 0 Å². The van der Waals surface area contributed by atoms with Gasteiger partial charge in [-0.05, 0) is 88.1 Å². The van der Waals surface area contributed by atoms with Gasteiger partial charge in [0.05, 0.1) is 24.1 Å². The molecule has 3 N–H and O–H groups in total. The van der Waals surface area contributed by atoms with Gasteiger partial charge in [0.2, 0.25) is 5.91 Å². The summed E-state index contributed by atoms with van der Waals surface area (Å²) >= 11 is 0. The summed E-state index contributed by atoms with van der Waals surface area (Å²) in [6.07, 6.45) is 2.47. The lowest BCUT2D eigenvalue weighted by Crippen LogP contribution is -2.38. The number of carbonyl (C=O) groups excluding carboxylic acids is 1. The van der Waals surface area contributed by atoms with Crippen LogP contribution >= 0.6 is 0 Å². The molecule has 1 aliphatic heterocycles. The van der Waals surface area contributed by atoms with Gasteiger partial charge in [-0.1, -0.05) is 0 Å². The Morgan fingerprint density at radius 3 is 2.49 bits per heavy atom. The smallest absolute Gasteiger partial charge is 0.248 e. The maximum Gasteiger partial charge on any atom is 0.248 e. The minimum absolute atomic E-state index is 0.0136. The Morgan fingerprint density at radius 2 is 1.88 bits per heavy atom. The molecule has 1 saturated heterocycles. The van der Waals surface area contributed by atoms with Crippen molar-refractivity contribution in [3.8, 4) is 17.0 Å². The average Bonchev–Trinajstić information content (AvgIpc) is 2.94. The first-order valence-electron chi connectivity index (χ1n) is 13.4. The molecule has 3 heterocycles. The molecule has 5 rings (SSSR count). The molecule has 1 fully saturated rings. The third-order valence-electron chi connectivity index (χ3n) is 7.66. The van der Waals surface area contributed by atoms with Crippen LogP contribution in [0.25, 0.3) is 22.2 Å². The Kier molecular flexibility index (Phi) is 7.48. The zero-order valence-corrected chi connectivity index (χ0v) is 23.4. The summed E-state index contributed by atoms with van der Waals surface area (Å²) in [6.45, 7) is 5.25. The number of nitrogens with zero attached hydrogens (tertiary/aromatic N) is 3. The van der Waals surface area contributed by atoms with Gasteiger partial charge in [0.25, 0.3) is 0 Å². The van der Waals surface area contributed by atoms with Crippen LogP contribution in [0.1, 0.15) is 66.0 Å². The standard InChI is InChI=1S/C31H32F2N4O4/c1-17-22(21-13-19(29(34)38)14-24(40-4)28(21)37-36-17)16-31(11-5-6-12-41-31)25-15-23(30(2,3)39)26(33)27(35-25)18-7-9-20(32)10-8-18/h7-10,13-15,39H,5-6,11-12,16H2,1-4H3,(H2,34,38). The van der Waals surface area contributed by atoms with Crippen LogP contribution in [0, 0.1) is 18.6 Å². The van der Waals surface area contributed by atoms with E-state index >= 15 is 4.39 Å². The van der Waals surface area contributed by atoms with E-state index in [9.17, 15) is 14.3 Å². The average molecular weight is 563 g/mol. The number of hydrogen-bond donors (Lipinski definition) is 2. The van der Waals surface area contributed by atoms with Crippen LogP contribution in [0.4, 0.5) is 8.78 Å². The lowest BCUT2D eigenvalue weighted by Gasteiger charge is -2.38. The minimum atomic E-state index is -1.54. The number of aliphatic hydroxyl groups is 1. The van der Waals surface area contributed by atoms with Crippen molar-refractivity contribution in [2.75, 3.05) is 13.7 Å². The molecular formula is C31H32F2N4O4. The lowest BCUT2D eigenvalue weighted by molar-refractivity contribution is -0.0866. The molecule has 0 bridgehead atoms. The second-order valence-electron chi connectivity index (χ2n) is 11.0. The van der Waals surface area contributed by atoms with Crippen LogP contribution in [0.5, 0.6) is 5.75 Å². The summed E-state index contributed by atoms with van der Waals surface area (Å²) in [4.78, 5) is 16.9. The lowest BCUT2D eigenvalue weighted by atomic mass is 9.81. The van der Waals surface area contributed by atoms with E-state index in [-0.39, 0.29) is 23.2 Å². The van der Waals surface area contributed by atoms with Gasteiger partial charge in [-0.2, -0.15) is 5.10 Å². The van der Waals surface area contributed by atoms with Crippen LogP contribution in [0.15, 0.2) is 42.5 Å². The number of aryl methyl sites for hydroxylation is 1. The maximum atomic E-state index is 15.9. The predicted molar refractivity (Wildman–Crippen MR) is 149 cm³/mol. The van der Waals surface area contributed by atoms with Gasteiger partial charge in [-0.25, -0.2) is 13.8 Å². The van der Waals surface area contributed by atoms with Crippen LogP contribution < -0.4 is 10.5 Å². The van der Waals surface area contributed by atoms with Crippen molar-refractivity contribution in [2.24, 2.45) is 5.73 Å². The molecule has 1 amide bonds. The summed E-state index contributed by atoms with van der Waals surface area (Å²) in [7, 11) is 1.48. The fourth-order valence-corrected chi connectivity index (χ4v) is 5.42. The number of rotatable bonds is 7. The third kappa shape index (κ3) is 5.37. The molecule has 10 heteroatoms. The first kappa shape index (κ1) is 28.5. The zero-order chi connectivity index (χ0) is 29.5. The monoisotopic (exact) mass is 562 g/mol. The van der Waals surface area contributed by atoms with Gasteiger partial charge < -0.3 is 20.3 Å². The van der Waals surface area contributed by atoms with Crippen LogP contribution in [-0.2, 0) is 22.4 Å². The molecule has 2 aromatic carbocycles. The maximum absolute atomic E-state index is 15.9. The highest BCUT2D eigenvalue weighted by molar-refractivity contribution is 6.00. The summed E-state index contributed by atoms with van der Waals surface area (Å²) in [5, 5.41) is 20.3. The fraction of sp³-hybridized carbons (Fsp3) is 0.355. The largest absolute Gasteiger partial charge is 0.494 e. The second kappa shape index (κ2) is 10.8. The molecular weight excluding hydrogens is 530 g/mol. The van der Waals surface area contributed by atoms with E-state index in [0.29, 0.717) is 46.6 Å². The second-order valence-corrected chi connectivity index (χ2v) is 11.0. The van der Waals surface area contributed by atoms with Crippen molar-refractivity contribution in [1.82, 2.24) is 15.2 Å². The molecule has 0 aliphatic carbocycles. The Bertz CT molecular complexity index is 1630. The predicted octanol–water partition coefficient (Wildman–Crippen LogP) is 5.25. The molecule has 0 spiro atoms. The normalized spacial score (nSPS) is 17.5. The summed E-state index contributed by atoms with van der Waals surface area (Å²) < 4.78 is 41.6. The number of benzene rings is 2. The summed E-state index contributed by atoms with van der Waals surface area (Å²) in [6, 6.07) is 10.1. The molecule has 0 saturated carbocycles. The van der Waals surface area contributed by atoms with Crippen molar-refractivity contribution in [3.05, 3.63) is 82.2 Å². The van der Waals surface area contributed by atoms with Crippen LogP contribution in [-0.4, -0.2) is 39.9 Å². The Labute approximate surface area is 236 Å². The molecule has 41 heavy (non-hydrogen) atoms. The van der Waals surface area contributed by atoms with E-state index in [4.69, 9.17) is 20.2 Å². The number of methoxy groups -OCH3 is 1. The van der Waals surface area contributed by atoms with Crippen LogP contribution in [0.2, 0.25) is 0 Å². The molecule has 214 valence electrons. The van der Waals surface area contributed by atoms with E-state index in [1.807, 2.05) is 6.92 Å². The van der Waals surface area contributed by atoms with E-state index in [0.717, 1.165) is 18.4 Å². The molecule has 0 radical (unpaired) electrons. The first-order chi connectivity index (χ1) is 19.4. The number of ether oxygens (including phenoxy) is 2. The molecule has 2 aromatic heterocycles. The molecule has 1 atom stereocenters. The van der Waals surface area contributed by atoms with Crippen molar-refractivity contribution >= 4 is 16.8 Å². The number of hydrogen-bond acceptors (Lipinski definition) is 7. The highest BCUT2D eigenvalue weighted by atomic mass is 19.1. The summed E-state index contributed by atoms with van der Waals surface area (Å²) in [5.74, 6) is -1.42. The highest BCUT2D eigenvalue weighted by Crippen LogP contribution is 2.43. The SMILES string of the molecule is COc1cc(C(N)=O)cc2c(CC3(c4cc(C(C)(C)O)c(F)c(-c5ccc(F)cc5)n4)CCCCO3)c(C)nnc12. The van der Waals surface area contributed by atoms with Crippen molar-refractivity contribution < 1.29 is 28.2 Å². The number of carbonyl (C=O) groups is 1. The third-order valence-corrected chi connectivity index (χ3v) is 7.66. The van der Waals surface area contributed by atoms with Gasteiger partial charge in [-0.15, -0.1) is 5.10 Å². The van der Waals surface area contributed by atoms with Crippen LogP contribution in [0.3, 0.4) is 0 Å². The number of amides is 1. The number of nitrogens with two attached hydrogens (primary N) is 1. The number of halogens is 2. The number of primary amides is 1. The minimum Gasteiger partial charge on any atom is -0.494 e. The number of pyridine rings is 1. The van der Waals surface area contributed by atoms with E-state index in [2.05, 4.69) is 10.2 Å². The molecule has 4 aromatic rings. The Balaban J connectivity index is 1.76. The number of aromatic nitrogens is 3. The number of fused-ring (bicyclic) bond motifs is 1. The molecule has 8 nitrogen and oxygen atoms in total. The Morgan fingerprint density at radius 1 is 1.15 bits per heavy atom. The van der Waals surface area contributed by atoms with E-state index in [1.165, 1.54) is 51.3 Å². The van der Waals surface area contributed by atoms with Gasteiger partial charge in [-0.3, -0.25) is 4.79 Å². The summed E-state index contributed by atoms with van der Waals surface area (Å²) in [5.41, 5.74) is 5.94. The van der Waals surface area contributed by atoms with Gasteiger partial charge in [0.1, 0.15) is 28.4 Å². The quantitative estimate of drug-likeness (QED) is 0.316. The van der Waals surface area contributed by atoms with Crippen molar-refractivity contribution in [2.45, 2.75) is 57.7 Å². The van der Waals surface area contributed by atoms with Gasteiger partial charge in [0, 0.05) is 35.1 Å². The van der Waals surface area contributed by atoms with Crippen molar-refractivity contribution in [1.29, 1.82) is 0 Å². The molecule has 1 aliphatic rings. The topological polar surface area (TPSA) is 120 Å². The zero-order valence-electron chi connectivity index (χ0n) is 23.4. The Hall–Kier alpha value is -4.02. The fourth-order valence-electron chi connectivity index (χ4n) is 5.42. The van der Waals surface area contributed by atoms with E-state index < -0.39 is 28.7 Å². The first-order valence-corrected chi connectivity index (χ1v) is 13.4. The van der Waals surface area contributed by atoms with Crippen molar-refractivity contribution in [3.63, 3.8) is 0 Å². The van der Waals surface area contributed by atoms with E-state index in [1.54, 1.807) is 12.1 Å².